The predicted octanol–water partition coefficient (Wildman–Crippen LogP) is 4.01. The van der Waals surface area contributed by atoms with Gasteiger partial charge in [0.1, 0.15) is 15.4 Å². The molecule has 0 unspecified atom stereocenters. The number of benzene rings is 2. The number of likely N-dealkylation sites (tertiary alicyclic amines) is 1. The molecule has 4 aromatic rings. The summed E-state index contributed by atoms with van der Waals surface area (Å²) in [6, 6.07) is 15.7. The number of anilines is 2. The van der Waals surface area contributed by atoms with Crippen molar-refractivity contribution >= 4 is 38.5 Å². The van der Waals surface area contributed by atoms with Crippen molar-refractivity contribution in [2.24, 2.45) is 0 Å². The summed E-state index contributed by atoms with van der Waals surface area (Å²) in [6.45, 7) is 4.38. The molecule has 1 aliphatic heterocycles. The highest BCUT2D eigenvalue weighted by molar-refractivity contribution is 7.90. The zero-order valence-corrected chi connectivity index (χ0v) is 23.9. The summed E-state index contributed by atoms with van der Waals surface area (Å²) in [5.74, 6) is -0.424. The van der Waals surface area contributed by atoms with Gasteiger partial charge in [0, 0.05) is 36.6 Å². The highest BCUT2D eigenvalue weighted by Crippen LogP contribution is 2.29. The first-order valence-electron chi connectivity index (χ1n) is 13.6. The molecule has 2 N–H and O–H groups in total. The van der Waals surface area contributed by atoms with Gasteiger partial charge in [0.15, 0.2) is 5.65 Å². The molecular weight excluding hydrogens is 542 g/mol. The summed E-state index contributed by atoms with van der Waals surface area (Å²) < 4.78 is 24.5. The third-order valence-electron chi connectivity index (χ3n) is 7.60. The minimum absolute atomic E-state index is 0.119. The minimum atomic E-state index is -2.96. The van der Waals surface area contributed by atoms with Crippen LogP contribution in [0, 0.1) is 0 Å². The number of aromatic nitrogens is 3. The summed E-state index contributed by atoms with van der Waals surface area (Å²) in [7, 11) is -2.96. The molecule has 1 fully saturated rings. The second-order valence-corrected chi connectivity index (χ2v) is 12.8. The Hall–Kier alpha value is -4.09. The van der Waals surface area contributed by atoms with E-state index in [4.69, 9.17) is 0 Å². The van der Waals surface area contributed by atoms with Gasteiger partial charge in [-0.15, -0.1) is 0 Å². The molecule has 2 aromatic carbocycles. The Morgan fingerprint density at radius 2 is 1.76 bits per heavy atom. The highest BCUT2D eigenvalue weighted by atomic mass is 32.2. The Morgan fingerprint density at radius 3 is 2.37 bits per heavy atom. The third kappa shape index (κ3) is 6.63. The summed E-state index contributed by atoms with van der Waals surface area (Å²) in [5, 5.41) is 12.9. The number of carboxylic acids is 1. The zero-order valence-electron chi connectivity index (χ0n) is 23.1. The molecule has 10 nitrogen and oxygen atoms in total. The van der Waals surface area contributed by atoms with E-state index in [1.165, 1.54) is 24.2 Å². The van der Waals surface area contributed by atoms with E-state index in [1.54, 1.807) is 4.57 Å². The van der Waals surface area contributed by atoms with Gasteiger partial charge in [-0.2, -0.15) is 4.98 Å². The summed E-state index contributed by atoms with van der Waals surface area (Å²) in [4.78, 5) is 35.8. The Balaban J connectivity index is 1.36. The molecule has 0 saturated carbocycles. The second-order valence-electron chi connectivity index (χ2n) is 10.5. The van der Waals surface area contributed by atoms with Gasteiger partial charge >= 0.3 is 5.97 Å². The van der Waals surface area contributed by atoms with Gasteiger partial charge in [-0.05, 0) is 73.7 Å². The van der Waals surface area contributed by atoms with Crippen LogP contribution < -0.4 is 10.7 Å². The van der Waals surface area contributed by atoms with Gasteiger partial charge in [0.05, 0.1) is 11.1 Å². The number of aryl methyl sites for hydroxylation is 1. The van der Waals surface area contributed by atoms with Crippen molar-refractivity contribution < 1.29 is 18.3 Å². The van der Waals surface area contributed by atoms with Crippen LogP contribution in [0.4, 0.5) is 11.6 Å². The van der Waals surface area contributed by atoms with Crippen LogP contribution in [-0.2, 0) is 16.3 Å². The molecule has 1 saturated heterocycles. The minimum Gasteiger partial charge on any atom is -0.477 e. The largest absolute Gasteiger partial charge is 0.477 e. The van der Waals surface area contributed by atoms with E-state index in [9.17, 15) is 23.1 Å². The van der Waals surface area contributed by atoms with Crippen LogP contribution in [0.5, 0.6) is 0 Å². The van der Waals surface area contributed by atoms with Crippen molar-refractivity contribution in [2.75, 3.05) is 37.0 Å². The van der Waals surface area contributed by atoms with Crippen molar-refractivity contribution in [1.82, 2.24) is 19.4 Å². The van der Waals surface area contributed by atoms with Crippen LogP contribution in [0.25, 0.3) is 16.7 Å². The van der Waals surface area contributed by atoms with Crippen LogP contribution in [0.3, 0.4) is 0 Å². The fourth-order valence-corrected chi connectivity index (χ4v) is 5.75. The SMILES string of the molecule is CCc1ccc(-n2cc(C(=O)O)c(=O)c3cnc(Nc4ccc(C5CCN(CCS(C)(=O)=O)CC5)cc4)nc32)cc1. The van der Waals surface area contributed by atoms with E-state index in [2.05, 4.69) is 39.2 Å². The lowest BCUT2D eigenvalue weighted by Crippen LogP contribution is -2.36. The average Bonchev–Trinajstić information content (AvgIpc) is 2.96. The van der Waals surface area contributed by atoms with E-state index in [0.717, 1.165) is 43.6 Å². The van der Waals surface area contributed by atoms with Gasteiger partial charge in [-0.1, -0.05) is 31.2 Å². The number of rotatable bonds is 9. The average molecular weight is 576 g/mol. The monoisotopic (exact) mass is 575 g/mol. The van der Waals surface area contributed by atoms with Gasteiger partial charge in [-0.25, -0.2) is 18.2 Å². The molecule has 0 aliphatic carbocycles. The van der Waals surface area contributed by atoms with Crippen LogP contribution in [0.15, 0.2) is 65.7 Å². The number of nitrogens with one attached hydrogen (secondary N) is 1. The number of fused-ring (bicyclic) bond motifs is 1. The molecule has 1 aliphatic rings. The first kappa shape index (κ1) is 28.4. The highest BCUT2D eigenvalue weighted by Gasteiger charge is 2.22. The normalized spacial score (nSPS) is 14.8. The standard InChI is InChI=1S/C30H33N5O5S/c1-3-20-4-10-24(11-5-20)35-19-26(29(37)38)27(36)25-18-31-30(33-28(25)35)32-23-8-6-21(7-9-23)22-12-14-34(15-13-22)16-17-41(2,39)40/h4-11,18-19,22H,3,12-17H2,1-2H3,(H,37,38)(H,31,32,33). The molecule has 0 spiro atoms. The Kier molecular flexibility index (Phi) is 8.18. The first-order chi connectivity index (χ1) is 19.6. The van der Waals surface area contributed by atoms with Gasteiger partial charge in [0.2, 0.25) is 11.4 Å². The van der Waals surface area contributed by atoms with E-state index in [-0.39, 0.29) is 22.7 Å². The Morgan fingerprint density at radius 1 is 1.07 bits per heavy atom. The van der Waals surface area contributed by atoms with Crippen molar-refractivity contribution in [2.45, 2.75) is 32.1 Å². The number of hydrogen-bond donors (Lipinski definition) is 2. The van der Waals surface area contributed by atoms with Crippen LogP contribution in [-0.4, -0.2) is 70.6 Å². The molecule has 0 bridgehead atoms. The number of sulfone groups is 1. The number of carbonyl (C=O) groups is 1. The van der Waals surface area contributed by atoms with E-state index < -0.39 is 21.2 Å². The maximum atomic E-state index is 12.9. The number of nitrogens with zero attached hydrogens (tertiary/aromatic N) is 4. The van der Waals surface area contributed by atoms with Gasteiger partial charge < -0.3 is 19.9 Å². The Bertz CT molecular complexity index is 1730. The summed E-state index contributed by atoms with van der Waals surface area (Å²) in [6.07, 6.45) is 6.76. The molecular formula is C30H33N5O5S. The van der Waals surface area contributed by atoms with Crippen LogP contribution in [0.2, 0.25) is 0 Å². The number of piperidine rings is 1. The molecule has 41 heavy (non-hydrogen) atoms. The van der Waals surface area contributed by atoms with Crippen LogP contribution >= 0.6 is 0 Å². The summed E-state index contributed by atoms with van der Waals surface area (Å²) >= 11 is 0. The molecule has 0 radical (unpaired) electrons. The molecule has 214 valence electrons. The fraction of sp³-hybridized carbons (Fsp3) is 0.333. The molecule has 0 atom stereocenters. The summed E-state index contributed by atoms with van der Waals surface area (Å²) in [5.41, 5.74) is 3.15. The first-order valence-corrected chi connectivity index (χ1v) is 15.7. The molecule has 3 heterocycles. The van der Waals surface area contributed by atoms with E-state index in [0.29, 0.717) is 23.8 Å². The zero-order chi connectivity index (χ0) is 29.1. The van der Waals surface area contributed by atoms with Gasteiger partial charge in [-0.3, -0.25) is 4.79 Å². The third-order valence-corrected chi connectivity index (χ3v) is 8.53. The predicted molar refractivity (Wildman–Crippen MR) is 159 cm³/mol. The smallest absolute Gasteiger partial charge is 0.341 e. The maximum Gasteiger partial charge on any atom is 0.341 e. The molecule has 11 heteroatoms. The van der Waals surface area contributed by atoms with E-state index in [1.807, 2.05) is 36.4 Å². The topological polar surface area (TPSA) is 134 Å². The number of hydrogen-bond acceptors (Lipinski definition) is 8. The van der Waals surface area contributed by atoms with Crippen molar-refractivity contribution in [1.29, 1.82) is 0 Å². The molecule has 0 amide bonds. The lowest BCUT2D eigenvalue weighted by Gasteiger charge is -2.32. The van der Waals surface area contributed by atoms with Crippen molar-refractivity contribution in [3.63, 3.8) is 0 Å². The number of aromatic carboxylic acids is 1. The van der Waals surface area contributed by atoms with Gasteiger partial charge in [0.25, 0.3) is 0 Å². The maximum absolute atomic E-state index is 12.9. The number of pyridine rings is 1. The van der Waals surface area contributed by atoms with Crippen LogP contribution in [0.1, 0.15) is 47.2 Å². The fourth-order valence-electron chi connectivity index (χ4n) is 5.16. The molecule has 2 aromatic heterocycles. The second kappa shape index (κ2) is 11.8. The number of carboxylic acid groups (broad SMARTS) is 1. The van der Waals surface area contributed by atoms with Crippen molar-refractivity contribution in [3.8, 4) is 5.69 Å². The van der Waals surface area contributed by atoms with E-state index >= 15 is 0 Å². The quantitative estimate of drug-likeness (QED) is 0.304. The Labute approximate surface area is 238 Å². The molecule has 5 rings (SSSR count). The lowest BCUT2D eigenvalue weighted by molar-refractivity contribution is 0.0695. The van der Waals surface area contributed by atoms with Crippen molar-refractivity contribution in [3.05, 3.63) is 87.8 Å². The lowest BCUT2D eigenvalue weighted by atomic mass is 9.89.